The Morgan fingerprint density at radius 1 is 1.47 bits per heavy atom. The van der Waals surface area contributed by atoms with Gasteiger partial charge in [-0.2, -0.15) is 0 Å². The summed E-state index contributed by atoms with van der Waals surface area (Å²) in [5, 5.41) is 3.39. The molecule has 2 heterocycles. The van der Waals surface area contributed by atoms with Crippen LogP contribution in [-0.2, 0) is 0 Å². The van der Waals surface area contributed by atoms with E-state index in [9.17, 15) is 4.39 Å². The van der Waals surface area contributed by atoms with Crippen molar-refractivity contribution in [3.63, 3.8) is 0 Å². The molecular weight excluding hydrogens is 191 g/mol. The van der Waals surface area contributed by atoms with Gasteiger partial charge in [0.2, 0.25) is 0 Å². The Morgan fingerprint density at radius 2 is 2.33 bits per heavy atom. The van der Waals surface area contributed by atoms with Crippen LogP contribution in [0.5, 0.6) is 0 Å². The highest BCUT2D eigenvalue weighted by Crippen LogP contribution is 2.42. The highest BCUT2D eigenvalue weighted by Gasteiger charge is 2.37. The summed E-state index contributed by atoms with van der Waals surface area (Å²) in [6, 6.07) is 5.72. The number of piperidine rings is 1. The fourth-order valence-electron chi connectivity index (χ4n) is 2.95. The van der Waals surface area contributed by atoms with E-state index in [2.05, 4.69) is 17.3 Å². The van der Waals surface area contributed by atoms with Crippen molar-refractivity contribution in [3.05, 3.63) is 29.6 Å². The van der Waals surface area contributed by atoms with E-state index in [0.29, 0.717) is 12.0 Å². The van der Waals surface area contributed by atoms with Crippen molar-refractivity contribution in [1.82, 2.24) is 5.32 Å². The second-order valence-electron chi connectivity index (χ2n) is 4.48. The quantitative estimate of drug-likeness (QED) is 0.695. The maximum absolute atomic E-state index is 13.2. The topological polar surface area (TPSA) is 15.3 Å². The van der Waals surface area contributed by atoms with Gasteiger partial charge in [-0.05, 0) is 36.7 Å². The van der Waals surface area contributed by atoms with Crippen molar-refractivity contribution in [3.8, 4) is 0 Å². The summed E-state index contributed by atoms with van der Waals surface area (Å²) in [5.74, 6) is 0.350. The minimum atomic E-state index is -0.117. The number of nitrogens with zero attached hydrogens (tertiary/aromatic N) is 1. The van der Waals surface area contributed by atoms with E-state index < -0.39 is 0 Å². The summed E-state index contributed by atoms with van der Waals surface area (Å²) >= 11 is 0. The molecule has 2 aliphatic heterocycles. The van der Waals surface area contributed by atoms with Crippen molar-refractivity contribution < 1.29 is 4.39 Å². The van der Waals surface area contributed by atoms with Gasteiger partial charge in [0.05, 0.1) is 0 Å². The van der Waals surface area contributed by atoms with Gasteiger partial charge in [-0.1, -0.05) is 0 Å². The number of benzene rings is 1. The average Bonchev–Trinajstić information content (AvgIpc) is 2.54. The van der Waals surface area contributed by atoms with Gasteiger partial charge in [0, 0.05) is 31.2 Å². The molecule has 1 fully saturated rings. The Balaban J connectivity index is 2.07. The third-order valence-corrected chi connectivity index (χ3v) is 3.71. The van der Waals surface area contributed by atoms with Crippen molar-refractivity contribution in [1.29, 1.82) is 0 Å². The highest BCUT2D eigenvalue weighted by atomic mass is 19.1. The lowest BCUT2D eigenvalue weighted by Crippen LogP contribution is -2.42. The SMILES string of the molecule is CN1c2ccc(F)cc2[C@@H]2CNCC[C@@H]21. The first kappa shape index (κ1) is 9.16. The van der Waals surface area contributed by atoms with Crippen molar-refractivity contribution >= 4 is 5.69 Å². The first-order valence-electron chi connectivity index (χ1n) is 5.50. The monoisotopic (exact) mass is 206 g/mol. The van der Waals surface area contributed by atoms with E-state index in [-0.39, 0.29) is 5.82 Å². The normalized spacial score (nSPS) is 28.8. The van der Waals surface area contributed by atoms with Gasteiger partial charge in [0.1, 0.15) is 5.82 Å². The van der Waals surface area contributed by atoms with Gasteiger partial charge in [-0.15, -0.1) is 0 Å². The lowest BCUT2D eigenvalue weighted by molar-refractivity contribution is 0.412. The Morgan fingerprint density at radius 3 is 3.20 bits per heavy atom. The summed E-state index contributed by atoms with van der Waals surface area (Å²) in [4.78, 5) is 2.31. The van der Waals surface area contributed by atoms with Crippen LogP contribution < -0.4 is 10.2 Å². The second kappa shape index (κ2) is 3.20. The standard InChI is InChI=1S/C12H15FN2/c1-15-11-3-2-8(13)6-9(11)10-7-14-5-4-12(10)15/h2-3,6,10,12,14H,4-5,7H2,1H3/t10-,12-/m0/s1. The maximum Gasteiger partial charge on any atom is 0.123 e. The molecule has 1 N–H and O–H groups in total. The predicted octanol–water partition coefficient (Wildman–Crippen LogP) is 1.72. The molecule has 3 rings (SSSR count). The maximum atomic E-state index is 13.2. The molecule has 3 heteroatoms. The van der Waals surface area contributed by atoms with Gasteiger partial charge in [-0.3, -0.25) is 0 Å². The van der Waals surface area contributed by atoms with Crippen molar-refractivity contribution in [2.24, 2.45) is 0 Å². The van der Waals surface area contributed by atoms with Crippen LogP contribution in [0, 0.1) is 5.82 Å². The summed E-state index contributed by atoms with van der Waals surface area (Å²) in [6.45, 7) is 2.05. The smallest absolute Gasteiger partial charge is 0.123 e. The molecular formula is C12H15FN2. The molecule has 1 aromatic carbocycles. The number of rotatable bonds is 0. The average molecular weight is 206 g/mol. The number of anilines is 1. The van der Waals surface area contributed by atoms with Crippen LogP contribution in [0.25, 0.3) is 0 Å². The molecule has 1 aromatic rings. The second-order valence-corrected chi connectivity index (χ2v) is 4.48. The molecule has 80 valence electrons. The predicted molar refractivity (Wildman–Crippen MR) is 58.8 cm³/mol. The molecule has 0 saturated carbocycles. The zero-order chi connectivity index (χ0) is 10.4. The number of hydrogen-bond donors (Lipinski definition) is 1. The molecule has 0 aliphatic carbocycles. The summed E-state index contributed by atoms with van der Waals surface area (Å²) in [5.41, 5.74) is 2.38. The lowest BCUT2D eigenvalue weighted by Gasteiger charge is -2.31. The van der Waals surface area contributed by atoms with E-state index in [4.69, 9.17) is 0 Å². The van der Waals surface area contributed by atoms with Crippen LogP contribution in [0.15, 0.2) is 18.2 Å². The minimum absolute atomic E-state index is 0.117. The third-order valence-electron chi connectivity index (χ3n) is 3.71. The van der Waals surface area contributed by atoms with E-state index in [0.717, 1.165) is 19.5 Å². The van der Waals surface area contributed by atoms with Crippen LogP contribution in [-0.4, -0.2) is 26.2 Å². The number of nitrogens with one attached hydrogen (secondary N) is 1. The minimum Gasteiger partial charge on any atom is -0.371 e. The lowest BCUT2D eigenvalue weighted by atomic mass is 9.90. The molecule has 0 unspecified atom stereocenters. The molecule has 2 aliphatic rings. The zero-order valence-corrected chi connectivity index (χ0v) is 8.83. The van der Waals surface area contributed by atoms with E-state index in [1.54, 1.807) is 12.1 Å². The first-order chi connectivity index (χ1) is 7.27. The summed E-state index contributed by atoms with van der Waals surface area (Å²) in [6.07, 6.45) is 1.15. The van der Waals surface area contributed by atoms with Gasteiger partial charge in [-0.25, -0.2) is 4.39 Å². The molecule has 15 heavy (non-hydrogen) atoms. The molecule has 0 radical (unpaired) electrons. The fraction of sp³-hybridized carbons (Fsp3) is 0.500. The first-order valence-corrected chi connectivity index (χ1v) is 5.50. The van der Waals surface area contributed by atoms with Crippen LogP contribution in [0.4, 0.5) is 10.1 Å². The van der Waals surface area contributed by atoms with Crippen LogP contribution in [0.1, 0.15) is 17.9 Å². The number of fused-ring (bicyclic) bond motifs is 3. The largest absolute Gasteiger partial charge is 0.371 e. The highest BCUT2D eigenvalue weighted by molar-refractivity contribution is 5.61. The van der Waals surface area contributed by atoms with Crippen molar-refractivity contribution in [2.45, 2.75) is 18.4 Å². The van der Waals surface area contributed by atoms with E-state index >= 15 is 0 Å². The molecule has 0 bridgehead atoms. The molecule has 0 amide bonds. The molecule has 0 spiro atoms. The third kappa shape index (κ3) is 1.26. The Labute approximate surface area is 89.1 Å². The molecule has 2 atom stereocenters. The Kier molecular flexibility index (Phi) is 1.96. The van der Waals surface area contributed by atoms with Gasteiger partial charge >= 0.3 is 0 Å². The van der Waals surface area contributed by atoms with Crippen LogP contribution in [0.2, 0.25) is 0 Å². The van der Waals surface area contributed by atoms with Gasteiger partial charge in [0.25, 0.3) is 0 Å². The number of halogens is 1. The van der Waals surface area contributed by atoms with Crippen LogP contribution in [0.3, 0.4) is 0 Å². The molecule has 1 saturated heterocycles. The van der Waals surface area contributed by atoms with E-state index in [1.165, 1.54) is 11.3 Å². The Bertz CT molecular complexity index is 391. The Hall–Kier alpha value is -1.09. The van der Waals surface area contributed by atoms with Gasteiger partial charge in [0.15, 0.2) is 0 Å². The molecule has 2 nitrogen and oxygen atoms in total. The number of likely N-dealkylation sites (N-methyl/N-ethyl adjacent to an activating group) is 1. The summed E-state index contributed by atoms with van der Waals surface area (Å²) < 4.78 is 13.2. The number of hydrogen-bond acceptors (Lipinski definition) is 2. The zero-order valence-electron chi connectivity index (χ0n) is 8.83. The molecule has 0 aromatic heterocycles. The van der Waals surface area contributed by atoms with Crippen LogP contribution >= 0.6 is 0 Å². The fourth-order valence-corrected chi connectivity index (χ4v) is 2.95. The summed E-state index contributed by atoms with van der Waals surface area (Å²) in [7, 11) is 2.12. The van der Waals surface area contributed by atoms with Crippen molar-refractivity contribution in [2.75, 3.05) is 25.0 Å². The van der Waals surface area contributed by atoms with E-state index in [1.807, 2.05) is 6.07 Å². The van der Waals surface area contributed by atoms with Gasteiger partial charge < -0.3 is 10.2 Å².